The van der Waals surface area contributed by atoms with Crippen molar-refractivity contribution in [2.24, 2.45) is 0 Å². The van der Waals surface area contributed by atoms with Gasteiger partial charge in [-0.15, -0.1) is 0 Å². The van der Waals surface area contributed by atoms with Gasteiger partial charge in [-0.05, 0) is 86.5 Å². The van der Waals surface area contributed by atoms with Crippen molar-refractivity contribution in [2.75, 3.05) is 37.7 Å². The van der Waals surface area contributed by atoms with E-state index in [1.807, 2.05) is 56.0 Å². The quantitative estimate of drug-likeness (QED) is 0.473. The molecule has 3 aromatic rings. The molecule has 1 amide bonds. The number of hydrogen-bond acceptors (Lipinski definition) is 4. The van der Waals surface area contributed by atoms with Crippen LogP contribution in [0.25, 0.3) is 0 Å². The van der Waals surface area contributed by atoms with Gasteiger partial charge >= 0.3 is 0 Å². The fourth-order valence-electron chi connectivity index (χ4n) is 4.30. The third kappa shape index (κ3) is 5.68. The first-order chi connectivity index (χ1) is 16.4. The van der Waals surface area contributed by atoms with Crippen LogP contribution in [-0.2, 0) is 6.61 Å². The minimum absolute atomic E-state index is 0.00513. The first-order valence-corrected chi connectivity index (χ1v) is 11.7. The van der Waals surface area contributed by atoms with Crippen LogP contribution >= 0.6 is 0 Å². The smallest absolute Gasteiger partial charge is 0.253 e. The lowest BCUT2D eigenvalue weighted by Crippen LogP contribution is -2.48. The monoisotopic (exact) mass is 462 g/mol. The van der Waals surface area contributed by atoms with Crippen LogP contribution in [0.3, 0.4) is 0 Å². The molecule has 3 aromatic carbocycles. The van der Waals surface area contributed by atoms with E-state index in [0.29, 0.717) is 45.0 Å². The van der Waals surface area contributed by atoms with Crippen molar-refractivity contribution in [3.63, 3.8) is 0 Å². The van der Waals surface area contributed by atoms with Crippen LogP contribution in [-0.4, -0.2) is 43.6 Å². The van der Waals surface area contributed by atoms with Crippen molar-refractivity contribution < 1.29 is 18.7 Å². The van der Waals surface area contributed by atoms with Gasteiger partial charge in [0.25, 0.3) is 5.91 Å². The van der Waals surface area contributed by atoms with Gasteiger partial charge in [0.15, 0.2) is 0 Å². The molecule has 5 nitrogen and oxygen atoms in total. The van der Waals surface area contributed by atoms with Gasteiger partial charge in [0.05, 0.1) is 6.61 Å². The normalized spacial score (nSPS) is 13.6. The van der Waals surface area contributed by atoms with E-state index in [1.54, 1.807) is 12.1 Å². The molecule has 4 rings (SSSR count). The third-order valence-electron chi connectivity index (χ3n) is 5.96. The van der Waals surface area contributed by atoms with E-state index in [2.05, 4.69) is 11.0 Å². The Balaban J connectivity index is 1.44. The Hall–Kier alpha value is -3.54. The minimum atomic E-state index is -0.245. The molecule has 6 heteroatoms. The van der Waals surface area contributed by atoms with Crippen LogP contribution in [0.5, 0.6) is 11.5 Å². The summed E-state index contributed by atoms with van der Waals surface area (Å²) in [5.41, 5.74) is 4.72. The van der Waals surface area contributed by atoms with Gasteiger partial charge in [-0.25, -0.2) is 4.39 Å². The van der Waals surface area contributed by atoms with Crippen molar-refractivity contribution in [2.45, 2.75) is 27.4 Å². The van der Waals surface area contributed by atoms with Gasteiger partial charge in [0, 0.05) is 43.0 Å². The van der Waals surface area contributed by atoms with Crippen LogP contribution in [0.15, 0.2) is 60.7 Å². The predicted molar refractivity (Wildman–Crippen MR) is 132 cm³/mol. The van der Waals surface area contributed by atoms with Gasteiger partial charge in [0.1, 0.15) is 23.9 Å². The van der Waals surface area contributed by atoms with E-state index in [-0.39, 0.29) is 11.7 Å². The summed E-state index contributed by atoms with van der Waals surface area (Å²) >= 11 is 0. The molecular weight excluding hydrogens is 431 g/mol. The van der Waals surface area contributed by atoms with E-state index in [4.69, 9.17) is 9.47 Å². The summed E-state index contributed by atoms with van der Waals surface area (Å²) in [5, 5.41) is 0. The first-order valence-electron chi connectivity index (χ1n) is 11.7. The maximum absolute atomic E-state index is 13.2. The minimum Gasteiger partial charge on any atom is -0.493 e. The summed E-state index contributed by atoms with van der Waals surface area (Å²) in [7, 11) is 0. The summed E-state index contributed by atoms with van der Waals surface area (Å²) in [6, 6.07) is 18.2. The van der Waals surface area contributed by atoms with E-state index < -0.39 is 0 Å². The highest BCUT2D eigenvalue weighted by atomic mass is 19.1. The van der Waals surface area contributed by atoms with Gasteiger partial charge in [0.2, 0.25) is 0 Å². The maximum Gasteiger partial charge on any atom is 0.253 e. The third-order valence-corrected chi connectivity index (χ3v) is 5.96. The number of halogens is 1. The Morgan fingerprint density at radius 2 is 1.56 bits per heavy atom. The number of hydrogen-bond donors (Lipinski definition) is 0. The Labute approximate surface area is 200 Å². The number of carbonyl (C=O) groups is 1. The second kappa shape index (κ2) is 10.6. The number of benzene rings is 3. The zero-order valence-corrected chi connectivity index (χ0v) is 20.0. The molecular formula is C28H31FN2O3. The summed E-state index contributed by atoms with van der Waals surface area (Å²) in [6.45, 7) is 9.51. The van der Waals surface area contributed by atoms with Crippen LogP contribution < -0.4 is 14.4 Å². The van der Waals surface area contributed by atoms with Crippen molar-refractivity contribution in [3.8, 4) is 11.5 Å². The first kappa shape index (κ1) is 23.6. The van der Waals surface area contributed by atoms with Gasteiger partial charge in [-0.3, -0.25) is 4.79 Å². The molecule has 1 aliphatic rings. The zero-order valence-electron chi connectivity index (χ0n) is 20.0. The van der Waals surface area contributed by atoms with E-state index in [0.717, 1.165) is 33.9 Å². The van der Waals surface area contributed by atoms with Crippen molar-refractivity contribution in [1.29, 1.82) is 0 Å². The molecule has 0 aromatic heterocycles. The molecule has 34 heavy (non-hydrogen) atoms. The molecule has 0 atom stereocenters. The molecule has 0 bridgehead atoms. The zero-order chi connectivity index (χ0) is 24.1. The van der Waals surface area contributed by atoms with Gasteiger partial charge < -0.3 is 19.3 Å². The van der Waals surface area contributed by atoms with Crippen molar-refractivity contribution >= 4 is 11.6 Å². The molecule has 1 heterocycles. The molecule has 0 unspecified atom stereocenters. The van der Waals surface area contributed by atoms with E-state index in [1.165, 1.54) is 12.1 Å². The molecule has 0 radical (unpaired) electrons. The Bertz CT molecular complexity index is 1120. The Kier molecular flexibility index (Phi) is 7.36. The molecule has 0 spiro atoms. The van der Waals surface area contributed by atoms with Crippen LogP contribution in [0.4, 0.5) is 10.1 Å². The number of anilines is 1. The molecule has 1 fully saturated rings. The van der Waals surface area contributed by atoms with Gasteiger partial charge in [-0.1, -0.05) is 6.07 Å². The molecule has 178 valence electrons. The number of nitrogens with zero attached hydrogens (tertiary/aromatic N) is 2. The summed E-state index contributed by atoms with van der Waals surface area (Å²) in [5.74, 6) is 1.28. The van der Waals surface area contributed by atoms with Crippen LogP contribution in [0.2, 0.25) is 0 Å². The fourth-order valence-corrected chi connectivity index (χ4v) is 4.30. The highest BCUT2D eigenvalue weighted by Gasteiger charge is 2.23. The predicted octanol–water partition coefficient (Wildman–Crippen LogP) is 5.38. The van der Waals surface area contributed by atoms with Crippen molar-refractivity contribution in [1.82, 2.24) is 4.90 Å². The number of amides is 1. The number of rotatable bonds is 7. The molecule has 1 aliphatic heterocycles. The highest BCUT2D eigenvalue weighted by Crippen LogP contribution is 2.25. The largest absolute Gasteiger partial charge is 0.493 e. The number of carbonyl (C=O) groups excluding carboxylic acids is 1. The Morgan fingerprint density at radius 1 is 0.882 bits per heavy atom. The lowest BCUT2D eigenvalue weighted by atomic mass is 10.1. The number of piperazine rings is 1. The standard InChI is InChI=1S/C28H31FN2O3/c1-4-33-27-10-5-22(18-23(27)19-34-26-16-20(2)15-21(3)17-26)28(32)31-13-11-30(12-14-31)25-8-6-24(29)7-9-25/h5-10,15-18H,4,11-14,19H2,1-3H3. The fraction of sp³-hybridized carbons (Fsp3) is 0.321. The lowest BCUT2D eigenvalue weighted by molar-refractivity contribution is 0.0746. The molecule has 0 N–H and O–H groups in total. The SMILES string of the molecule is CCOc1ccc(C(=O)N2CCN(c3ccc(F)cc3)CC2)cc1COc1cc(C)cc(C)c1. The van der Waals surface area contributed by atoms with Crippen molar-refractivity contribution in [3.05, 3.63) is 88.7 Å². The second-order valence-corrected chi connectivity index (χ2v) is 8.62. The summed E-state index contributed by atoms with van der Waals surface area (Å²) in [4.78, 5) is 17.3. The lowest BCUT2D eigenvalue weighted by Gasteiger charge is -2.36. The Morgan fingerprint density at radius 3 is 2.21 bits per heavy atom. The molecule has 1 saturated heterocycles. The topological polar surface area (TPSA) is 42.0 Å². The number of aryl methyl sites for hydroxylation is 2. The second-order valence-electron chi connectivity index (χ2n) is 8.62. The van der Waals surface area contributed by atoms with Crippen LogP contribution in [0, 0.1) is 19.7 Å². The van der Waals surface area contributed by atoms with E-state index in [9.17, 15) is 9.18 Å². The molecule has 0 aliphatic carbocycles. The average molecular weight is 463 g/mol. The molecule has 0 saturated carbocycles. The van der Waals surface area contributed by atoms with Crippen LogP contribution in [0.1, 0.15) is 34.0 Å². The highest BCUT2D eigenvalue weighted by molar-refractivity contribution is 5.94. The average Bonchev–Trinajstić information content (AvgIpc) is 2.83. The van der Waals surface area contributed by atoms with E-state index >= 15 is 0 Å². The summed E-state index contributed by atoms with van der Waals surface area (Å²) < 4.78 is 25.1. The van der Waals surface area contributed by atoms with Gasteiger partial charge in [-0.2, -0.15) is 0 Å². The number of ether oxygens (including phenoxy) is 2. The maximum atomic E-state index is 13.2. The summed E-state index contributed by atoms with van der Waals surface area (Å²) in [6.07, 6.45) is 0.